The Balaban J connectivity index is 2.19. The van der Waals surface area contributed by atoms with E-state index < -0.39 is 0 Å². The molecule has 112 valence electrons. The highest BCUT2D eigenvalue weighted by Gasteiger charge is 2.41. The lowest BCUT2D eigenvalue weighted by atomic mass is 9.76. The molecule has 1 aliphatic heterocycles. The molecule has 0 aliphatic carbocycles. The molecule has 20 heavy (non-hydrogen) atoms. The minimum atomic E-state index is -0.187. The van der Waals surface area contributed by atoms with Crippen LogP contribution in [0.5, 0.6) is 0 Å². The lowest BCUT2D eigenvalue weighted by molar-refractivity contribution is 0.0620. The van der Waals surface area contributed by atoms with Crippen LogP contribution in [-0.2, 0) is 11.2 Å². The number of hydrogen-bond donors (Lipinski definition) is 1. The fraction of sp³-hybridized carbons (Fsp3) is 0.625. The van der Waals surface area contributed by atoms with Crippen molar-refractivity contribution >= 4 is 15.9 Å². The molecule has 1 N–H and O–H groups in total. The molecule has 0 spiro atoms. The lowest BCUT2D eigenvalue weighted by Crippen LogP contribution is -2.43. The monoisotopic (exact) mass is 343 g/mol. The maximum atomic E-state index is 13.6. The SMILES string of the molecule is CC(C)NCC1(Cc2cc(F)cc(Br)c2)CCOC1C. The van der Waals surface area contributed by atoms with Gasteiger partial charge in [0, 0.05) is 29.1 Å². The summed E-state index contributed by atoms with van der Waals surface area (Å²) in [6, 6.07) is 5.58. The molecule has 1 aliphatic rings. The van der Waals surface area contributed by atoms with Crippen molar-refractivity contribution in [3.05, 3.63) is 34.1 Å². The van der Waals surface area contributed by atoms with E-state index in [0.29, 0.717) is 6.04 Å². The molecule has 0 amide bonds. The van der Waals surface area contributed by atoms with Gasteiger partial charge in [-0.25, -0.2) is 4.39 Å². The van der Waals surface area contributed by atoms with Gasteiger partial charge in [-0.2, -0.15) is 0 Å². The summed E-state index contributed by atoms with van der Waals surface area (Å²) in [5, 5.41) is 3.52. The highest BCUT2D eigenvalue weighted by atomic mass is 79.9. The third kappa shape index (κ3) is 3.80. The number of hydrogen-bond acceptors (Lipinski definition) is 2. The van der Waals surface area contributed by atoms with Crippen molar-refractivity contribution < 1.29 is 9.13 Å². The van der Waals surface area contributed by atoms with Crippen molar-refractivity contribution in [1.82, 2.24) is 5.32 Å². The second kappa shape index (κ2) is 6.54. The number of rotatable bonds is 5. The van der Waals surface area contributed by atoms with E-state index in [9.17, 15) is 4.39 Å². The van der Waals surface area contributed by atoms with Crippen LogP contribution in [0.2, 0.25) is 0 Å². The average Bonchev–Trinajstić information content (AvgIpc) is 2.67. The van der Waals surface area contributed by atoms with Crippen LogP contribution in [-0.4, -0.2) is 25.3 Å². The molecule has 1 heterocycles. The Morgan fingerprint density at radius 3 is 2.75 bits per heavy atom. The topological polar surface area (TPSA) is 21.3 Å². The third-order valence-electron chi connectivity index (χ3n) is 4.17. The zero-order valence-corrected chi connectivity index (χ0v) is 14.0. The van der Waals surface area contributed by atoms with Crippen LogP contribution >= 0.6 is 15.9 Å². The zero-order valence-electron chi connectivity index (χ0n) is 12.4. The Morgan fingerprint density at radius 2 is 2.20 bits per heavy atom. The largest absolute Gasteiger partial charge is 0.378 e. The Morgan fingerprint density at radius 1 is 1.45 bits per heavy atom. The number of ether oxygens (including phenoxy) is 1. The fourth-order valence-corrected chi connectivity index (χ4v) is 3.39. The maximum absolute atomic E-state index is 13.6. The van der Waals surface area contributed by atoms with Gasteiger partial charge in [-0.1, -0.05) is 29.8 Å². The van der Waals surface area contributed by atoms with E-state index in [0.717, 1.165) is 36.0 Å². The van der Waals surface area contributed by atoms with Gasteiger partial charge in [0.2, 0.25) is 0 Å². The quantitative estimate of drug-likeness (QED) is 0.874. The first kappa shape index (κ1) is 15.9. The normalized spacial score (nSPS) is 26.4. The summed E-state index contributed by atoms with van der Waals surface area (Å²) in [6.45, 7) is 8.11. The highest BCUT2D eigenvalue weighted by molar-refractivity contribution is 9.10. The minimum Gasteiger partial charge on any atom is -0.378 e. The van der Waals surface area contributed by atoms with Crippen LogP contribution < -0.4 is 5.32 Å². The fourth-order valence-electron chi connectivity index (χ4n) is 2.87. The summed E-state index contributed by atoms with van der Waals surface area (Å²) in [4.78, 5) is 0. The Hall–Kier alpha value is -0.450. The van der Waals surface area contributed by atoms with E-state index >= 15 is 0 Å². The van der Waals surface area contributed by atoms with E-state index in [1.54, 1.807) is 6.07 Å². The molecular formula is C16H23BrFNO. The molecule has 4 heteroatoms. The summed E-state index contributed by atoms with van der Waals surface area (Å²) in [7, 11) is 0. The van der Waals surface area contributed by atoms with Crippen LogP contribution in [0.3, 0.4) is 0 Å². The summed E-state index contributed by atoms with van der Waals surface area (Å²) in [6.07, 6.45) is 2.04. The second-order valence-corrected chi connectivity index (χ2v) is 7.03. The van der Waals surface area contributed by atoms with E-state index in [1.807, 2.05) is 6.07 Å². The van der Waals surface area contributed by atoms with Crippen LogP contribution in [0, 0.1) is 11.2 Å². The first-order valence-electron chi connectivity index (χ1n) is 7.21. The number of nitrogens with one attached hydrogen (secondary N) is 1. The Labute approximate surface area is 129 Å². The molecule has 0 aromatic heterocycles. The van der Waals surface area contributed by atoms with Gasteiger partial charge in [0.25, 0.3) is 0 Å². The Bertz CT molecular complexity index is 446. The zero-order chi connectivity index (χ0) is 14.8. The smallest absolute Gasteiger partial charge is 0.124 e. The molecule has 1 aromatic rings. The summed E-state index contributed by atoms with van der Waals surface area (Å²) in [5.74, 6) is -0.187. The molecule has 1 fully saturated rings. The van der Waals surface area contributed by atoms with E-state index in [4.69, 9.17) is 4.74 Å². The highest BCUT2D eigenvalue weighted by Crippen LogP contribution is 2.38. The maximum Gasteiger partial charge on any atom is 0.124 e. The van der Waals surface area contributed by atoms with Gasteiger partial charge in [0.05, 0.1) is 6.10 Å². The van der Waals surface area contributed by atoms with Crippen molar-refractivity contribution in [3.63, 3.8) is 0 Å². The first-order valence-corrected chi connectivity index (χ1v) is 8.00. The van der Waals surface area contributed by atoms with Gasteiger partial charge >= 0.3 is 0 Å². The van der Waals surface area contributed by atoms with Crippen LogP contribution in [0.1, 0.15) is 32.8 Å². The van der Waals surface area contributed by atoms with Crippen LogP contribution in [0.4, 0.5) is 4.39 Å². The summed E-state index contributed by atoms with van der Waals surface area (Å²) < 4.78 is 20.1. The van der Waals surface area contributed by atoms with Crippen molar-refractivity contribution in [1.29, 1.82) is 0 Å². The van der Waals surface area contributed by atoms with Gasteiger partial charge in [0.1, 0.15) is 5.82 Å². The van der Waals surface area contributed by atoms with Crippen LogP contribution in [0.25, 0.3) is 0 Å². The Kier molecular flexibility index (Phi) is 5.21. The molecule has 2 atom stereocenters. The molecule has 2 nitrogen and oxygen atoms in total. The van der Waals surface area contributed by atoms with Crippen molar-refractivity contribution in [2.75, 3.05) is 13.2 Å². The predicted octanol–water partition coefficient (Wildman–Crippen LogP) is 3.92. The van der Waals surface area contributed by atoms with Gasteiger partial charge < -0.3 is 10.1 Å². The van der Waals surface area contributed by atoms with E-state index in [1.165, 1.54) is 6.07 Å². The molecule has 0 saturated carbocycles. The summed E-state index contributed by atoms with van der Waals surface area (Å²) >= 11 is 3.37. The third-order valence-corrected chi connectivity index (χ3v) is 4.63. The molecule has 2 unspecified atom stereocenters. The average molecular weight is 344 g/mol. The summed E-state index contributed by atoms with van der Waals surface area (Å²) in [5.41, 5.74) is 1.08. The first-order chi connectivity index (χ1) is 9.41. The molecule has 0 bridgehead atoms. The van der Waals surface area contributed by atoms with Crippen molar-refractivity contribution in [2.24, 2.45) is 5.41 Å². The standard InChI is InChI=1S/C16H23BrFNO/c1-11(2)19-10-16(4-5-20-12(16)3)9-13-6-14(17)8-15(18)7-13/h6-8,11-12,19H,4-5,9-10H2,1-3H3. The minimum absolute atomic E-state index is 0.0531. The molecule has 1 saturated heterocycles. The predicted molar refractivity (Wildman–Crippen MR) is 83.4 cm³/mol. The molecule has 2 rings (SSSR count). The van der Waals surface area contributed by atoms with Crippen LogP contribution in [0.15, 0.2) is 22.7 Å². The van der Waals surface area contributed by atoms with Crippen molar-refractivity contribution in [2.45, 2.75) is 45.8 Å². The van der Waals surface area contributed by atoms with Gasteiger partial charge in [0.15, 0.2) is 0 Å². The molecule has 0 radical (unpaired) electrons. The molecular weight excluding hydrogens is 321 g/mol. The van der Waals surface area contributed by atoms with Gasteiger partial charge in [-0.15, -0.1) is 0 Å². The van der Waals surface area contributed by atoms with E-state index in [2.05, 4.69) is 42.0 Å². The number of halogens is 2. The van der Waals surface area contributed by atoms with E-state index in [-0.39, 0.29) is 17.3 Å². The number of benzene rings is 1. The van der Waals surface area contributed by atoms with Gasteiger partial charge in [-0.05, 0) is 43.5 Å². The second-order valence-electron chi connectivity index (χ2n) is 6.12. The molecule has 1 aromatic carbocycles. The van der Waals surface area contributed by atoms with Gasteiger partial charge in [-0.3, -0.25) is 0 Å². The van der Waals surface area contributed by atoms with Crippen molar-refractivity contribution in [3.8, 4) is 0 Å². The lowest BCUT2D eigenvalue weighted by Gasteiger charge is -2.33.